The Balaban J connectivity index is 1.56. The second kappa shape index (κ2) is 6.13. The van der Waals surface area contributed by atoms with Crippen LogP contribution in [0.15, 0.2) is 23.8 Å². The van der Waals surface area contributed by atoms with E-state index in [9.17, 15) is 4.79 Å². The third kappa shape index (κ3) is 2.57. The maximum Gasteiger partial charge on any atom is 0.240 e. The number of hydrogen-bond acceptors (Lipinski definition) is 4. The summed E-state index contributed by atoms with van der Waals surface area (Å²) in [5, 5.41) is 3.06. The van der Waals surface area contributed by atoms with Crippen LogP contribution in [0.4, 0.5) is 0 Å². The van der Waals surface area contributed by atoms with E-state index in [0.717, 1.165) is 62.4 Å². The van der Waals surface area contributed by atoms with E-state index in [-0.39, 0.29) is 11.4 Å². The molecule has 1 spiro atoms. The number of methoxy groups -OCH3 is 1. The van der Waals surface area contributed by atoms with E-state index in [1.54, 1.807) is 7.11 Å². The van der Waals surface area contributed by atoms with Crippen LogP contribution in [0.3, 0.4) is 0 Å². The van der Waals surface area contributed by atoms with Gasteiger partial charge < -0.3 is 14.8 Å². The van der Waals surface area contributed by atoms with Gasteiger partial charge in [-0.3, -0.25) is 9.69 Å². The lowest BCUT2D eigenvalue weighted by Gasteiger charge is -2.40. The van der Waals surface area contributed by atoms with Gasteiger partial charge in [0.2, 0.25) is 5.91 Å². The van der Waals surface area contributed by atoms with Gasteiger partial charge in [-0.05, 0) is 62.1 Å². The van der Waals surface area contributed by atoms with E-state index < -0.39 is 0 Å². The number of fused-ring (bicyclic) bond motifs is 1. The van der Waals surface area contributed by atoms with E-state index in [1.807, 2.05) is 18.2 Å². The van der Waals surface area contributed by atoms with Crippen molar-refractivity contribution in [3.05, 3.63) is 29.3 Å². The van der Waals surface area contributed by atoms with Gasteiger partial charge in [0.1, 0.15) is 23.6 Å². The number of likely N-dealkylation sites (tertiary alicyclic amines) is 1. The standard InChI is InChI=1S/C19H24N2O3/c1-23-16-4-5-17-15(11-16)10-14(13-24-17)12-21-9-3-7-19(21)6-2-8-20-18(19)22/h4-5,10-11H,2-3,6-9,12-13H2,1H3,(H,20,22). The Morgan fingerprint density at radius 2 is 2.21 bits per heavy atom. The predicted molar refractivity (Wildman–Crippen MR) is 92.2 cm³/mol. The number of rotatable bonds is 3. The summed E-state index contributed by atoms with van der Waals surface area (Å²) in [7, 11) is 1.67. The average Bonchev–Trinajstić information content (AvgIpc) is 3.00. The Bertz CT molecular complexity index is 685. The molecule has 3 aliphatic rings. The zero-order valence-corrected chi connectivity index (χ0v) is 14.1. The van der Waals surface area contributed by atoms with Crippen molar-refractivity contribution in [3.63, 3.8) is 0 Å². The number of piperidine rings is 1. The number of nitrogens with zero attached hydrogens (tertiary/aromatic N) is 1. The molecule has 3 heterocycles. The Kier molecular flexibility index (Phi) is 3.96. The fraction of sp³-hybridized carbons (Fsp3) is 0.526. The summed E-state index contributed by atoms with van der Waals surface area (Å²) in [4.78, 5) is 14.9. The zero-order valence-electron chi connectivity index (χ0n) is 14.1. The molecule has 128 valence electrons. The third-order valence-electron chi connectivity index (χ3n) is 5.48. The summed E-state index contributed by atoms with van der Waals surface area (Å²) >= 11 is 0. The predicted octanol–water partition coefficient (Wildman–Crippen LogP) is 2.22. The van der Waals surface area contributed by atoms with E-state index >= 15 is 0 Å². The molecule has 1 N–H and O–H groups in total. The summed E-state index contributed by atoms with van der Waals surface area (Å²) in [6.45, 7) is 3.18. The van der Waals surface area contributed by atoms with Crippen LogP contribution in [0, 0.1) is 0 Å². The number of benzene rings is 1. The van der Waals surface area contributed by atoms with Crippen LogP contribution in [-0.4, -0.2) is 49.7 Å². The molecular formula is C19H24N2O3. The molecule has 5 heteroatoms. The van der Waals surface area contributed by atoms with E-state index in [4.69, 9.17) is 9.47 Å². The molecule has 0 bridgehead atoms. The molecule has 0 aromatic heterocycles. The number of amides is 1. The van der Waals surface area contributed by atoms with Gasteiger partial charge in [0.15, 0.2) is 0 Å². The van der Waals surface area contributed by atoms with Gasteiger partial charge in [-0.25, -0.2) is 0 Å². The average molecular weight is 328 g/mol. The first kappa shape index (κ1) is 15.5. The molecule has 1 aromatic carbocycles. The molecule has 2 fully saturated rings. The Labute approximate surface area is 142 Å². The summed E-state index contributed by atoms with van der Waals surface area (Å²) in [6, 6.07) is 5.87. The Morgan fingerprint density at radius 3 is 3.04 bits per heavy atom. The topological polar surface area (TPSA) is 50.8 Å². The van der Waals surface area contributed by atoms with Gasteiger partial charge in [0, 0.05) is 18.7 Å². The summed E-state index contributed by atoms with van der Waals surface area (Å²) < 4.78 is 11.2. The monoisotopic (exact) mass is 328 g/mol. The maximum atomic E-state index is 12.5. The largest absolute Gasteiger partial charge is 0.497 e. The fourth-order valence-electron chi connectivity index (χ4n) is 4.23. The lowest BCUT2D eigenvalue weighted by molar-refractivity contribution is -0.134. The van der Waals surface area contributed by atoms with Gasteiger partial charge in [-0.2, -0.15) is 0 Å². The van der Waals surface area contributed by atoms with Crippen molar-refractivity contribution >= 4 is 12.0 Å². The minimum absolute atomic E-state index is 0.214. The molecule has 24 heavy (non-hydrogen) atoms. The number of hydrogen-bond donors (Lipinski definition) is 1. The van der Waals surface area contributed by atoms with Crippen LogP contribution in [0.1, 0.15) is 31.2 Å². The van der Waals surface area contributed by atoms with E-state index in [1.165, 1.54) is 5.57 Å². The highest BCUT2D eigenvalue weighted by Crippen LogP contribution is 2.37. The van der Waals surface area contributed by atoms with Gasteiger partial charge in [0.25, 0.3) is 0 Å². The number of nitrogens with one attached hydrogen (secondary N) is 1. The second-order valence-electron chi connectivity index (χ2n) is 6.91. The lowest BCUT2D eigenvalue weighted by atomic mass is 9.86. The third-order valence-corrected chi connectivity index (χ3v) is 5.48. The van der Waals surface area contributed by atoms with Crippen molar-refractivity contribution in [1.82, 2.24) is 10.2 Å². The van der Waals surface area contributed by atoms with Gasteiger partial charge in [-0.15, -0.1) is 0 Å². The molecular weight excluding hydrogens is 304 g/mol. The van der Waals surface area contributed by atoms with Crippen LogP contribution < -0.4 is 14.8 Å². The summed E-state index contributed by atoms with van der Waals surface area (Å²) in [5.74, 6) is 1.94. The van der Waals surface area contributed by atoms with Crippen molar-refractivity contribution in [2.24, 2.45) is 0 Å². The molecule has 1 unspecified atom stereocenters. The zero-order chi connectivity index (χ0) is 16.6. The molecule has 2 saturated heterocycles. The minimum atomic E-state index is -0.298. The summed E-state index contributed by atoms with van der Waals surface area (Å²) in [6.07, 6.45) is 6.28. The molecule has 0 aliphatic carbocycles. The Morgan fingerprint density at radius 1 is 1.33 bits per heavy atom. The second-order valence-corrected chi connectivity index (χ2v) is 6.91. The quantitative estimate of drug-likeness (QED) is 0.924. The fourth-order valence-corrected chi connectivity index (χ4v) is 4.23. The highest BCUT2D eigenvalue weighted by Gasteiger charge is 2.48. The molecule has 1 atom stereocenters. The molecule has 4 rings (SSSR count). The molecule has 1 amide bonds. The number of carbonyl (C=O) groups excluding carboxylic acids is 1. The highest BCUT2D eigenvalue weighted by atomic mass is 16.5. The maximum absolute atomic E-state index is 12.5. The number of carbonyl (C=O) groups is 1. The van der Waals surface area contributed by atoms with Crippen LogP contribution in [-0.2, 0) is 4.79 Å². The van der Waals surface area contributed by atoms with Crippen molar-refractivity contribution in [2.75, 3.05) is 33.4 Å². The van der Waals surface area contributed by atoms with Crippen LogP contribution in [0.5, 0.6) is 11.5 Å². The van der Waals surface area contributed by atoms with Crippen molar-refractivity contribution < 1.29 is 14.3 Å². The van der Waals surface area contributed by atoms with Crippen LogP contribution >= 0.6 is 0 Å². The first-order valence-corrected chi connectivity index (χ1v) is 8.75. The normalized spacial score (nSPS) is 26.5. The first-order valence-electron chi connectivity index (χ1n) is 8.75. The number of ether oxygens (including phenoxy) is 2. The van der Waals surface area contributed by atoms with E-state index in [0.29, 0.717) is 6.61 Å². The molecule has 5 nitrogen and oxygen atoms in total. The van der Waals surface area contributed by atoms with Gasteiger partial charge >= 0.3 is 0 Å². The van der Waals surface area contributed by atoms with Crippen molar-refractivity contribution in [1.29, 1.82) is 0 Å². The molecule has 1 aromatic rings. The smallest absolute Gasteiger partial charge is 0.240 e. The van der Waals surface area contributed by atoms with Crippen molar-refractivity contribution in [2.45, 2.75) is 31.2 Å². The van der Waals surface area contributed by atoms with Gasteiger partial charge in [-0.1, -0.05) is 0 Å². The summed E-state index contributed by atoms with van der Waals surface area (Å²) in [5.41, 5.74) is 1.97. The van der Waals surface area contributed by atoms with Crippen LogP contribution in [0.2, 0.25) is 0 Å². The van der Waals surface area contributed by atoms with E-state index in [2.05, 4.69) is 16.3 Å². The van der Waals surface area contributed by atoms with Crippen LogP contribution in [0.25, 0.3) is 6.08 Å². The first-order chi connectivity index (χ1) is 11.7. The minimum Gasteiger partial charge on any atom is -0.497 e. The highest BCUT2D eigenvalue weighted by molar-refractivity contribution is 5.87. The SMILES string of the molecule is COc1ccc2c(c1)C=C(CN1CCCC13CCCNC3=O)CO2. The molecule has 3 aliphatic heterocycles. The Hall–Kier alpha value is -2.01. The van der Waals surface area contributed by atoms with Crippen molar-refractivity contribution in [3.8, 4) is 11.5 Å². The molecule has 0 saturated carbocycles. The molecule has 0 radical (unpaired) electrons. The van der Waals surface area contributed by atoms with Gasteiger partial charge in [0.05, 0.1) is 7.11 Å². The lowest BCUT2D eigenvalue weighted by Crippen LogP contribution is -2.59.